The molecule has 5 aliphatic rings. The van der Waals surface area contributed by atoms with Crippen LogP contribution in [0.4, 0.5) is 0 Å². The van der Waals surface area contributed by atoms with Crippen LogP contribution in [0.5, 0.6) is 0 Å². The number of hydrogen-bond acceptors (Lipinski definition) is 5. The number of hydrogen-bond donors (Lipinski definition) is 3. The summed E-state index contributed by atoms with van der Waals surface area (Å²) in [5, 5.41) is 7.21. The van der Waals surface area contributed by atoms with Gasteiger partial charge in [-0.05, 0) is 102 Å². The summed E-state index contributed by atoms with van der Waals surface area (Å²) in [5.74, 6) is 3.10. The molecular formula is C25H41N3O2. The van der Waals surface area contributed by atoms with Crippen LogP contribution in [0.15, 0.2) is 0 Å². The van der Waals surface area contributed by atoms with Crippen molar-refractivity contribution >= 4 is 11.6 Å². The molecule has 0 aromatic rings. The fraction of sp³-hybridized carbons (Fsp3) is 0.920. The molecule has 1 aliphatic heterocycles. The second-order valence-corrected chi connectivity index (χ2v) is 11.3. The number of carbonyl (C=O) groups excluding carboxylic acids is 2. The van der Waals surface area contributed by atoms with E-state index in [1.54, 1.807) is 0 Å². The van der Waals surface area contributed by atoms with Gasteiger partial charge in [-0.2, -0.15) is 0 Å². The number of fused-ring (bicyclic) bond motifs is 1. The standard InChI is InChI=1S/C25H41N3O2/c26-25(12-1-13-25)24(30)19-8-6-18(7-9-19)23(29)17-4-2-16(3-5-17)20-10-11-21-22(14-20)28-15-27-21/h16-22,27-28H,1-15,26H2. The third-order valence-corrected chi connectivity index (χ3v) is 9.70. The van der Waals surface area contributed by atoms with Gasteiger partial charge in [0.1, 0.15) is 5.78 Å². The van der Waals surface area contributed by atoms with Crippen LogP contribution in [0.3, 0.4) is 0 Å². The van der Waals surface area contributed by atoms with Gasteiger partial charge in [0.15, 0.2) is 5.78 Å². The number of rotatable bonds is 5. The molecule has 5 fully saturated rings. The predicted octanol–water partition coefficient (Wildman–Crippen LogP) is 3.31. The Labute approximate surface area is 181 Å². The molecule has 0 aromatic carbocycles. The van der Waals surface area contributed by atoms with Gasteiger partial charge in [-0.25, -0.2) is 0 Å². The molecule has 0 bridgehead atoms. The highest BCUT2D eigenvalue weighted by Gasteiger charge is 2.45. The van der Waals surface area contributed by atoms with Crippen molar-refractivity contribution in [3.05, 3.63) is 0 Å². The molecule has 4 aliphatic carbocycles. The highest BCUT2D eigenvalue weighted by atomic mass is 16.1. The molecule has 5 nitrogen and oxygen atoms in total. The molecule has 1 saturated heterocycles. The zero-order chi connectivity index (χ0) is 20.7. The summed E-state index contributed by atoms with van der Waals surface area (Å²) in [5.41, 5.74) is 5.74. The van der Waals surface area contributed by atoms with E-state index in [-0.39, 0.29) is 17.8 Å². The van der Waals surface area contributed by atoms with E-state index in [4.69, 9.17) is 5.73 Å². The van der Waals surface area contributed by atoms with Crippen molar-refractivity contribution in [1.82, 2.24) is 10.6 Å². The van der Waals surface area contributed by atoms with Crippen molar-refractivity contribution in [3.63, 3.8) is 0 Å². The molecule has 3 unspecified atom stereocenters. The number of ketones is 2. The zero-order valence-corrected chi connectivity index (χ0v) is 18.5. The molecule has 5 rings (SSSR count). The molecule has 0 spiro atoms. The maximum absolute atomic E-state index is 13.2. The normalized spacial score (nSPS) is 43.4. The Balaban J connectivity index is 1.07. The molecule has 0 amide bonds. The van der Waals surface area contributed by atoms with Gasteiger partial charge in [0, 0.05) is 36.5 Å². The summed E-state index contributed by atoms with van der Waals surface area (Å²) in [4.78, 5) is 25.9. The van der Waals surface area contributed by atoms with Gasteiger partial charge < -0.3 is 16.4 Å². The van der Waals surface area contributed by atoms with Crippen LogP contribution in [0.1, 0.15) is 89.9 Å². The predicted molar refractivity (Wildman–Crippen MR) is 118 cm³/mol. The van der Waals surface area contributed by atoms with Gasteiger partial charge in [0.05, 0.1) is 5.54 Å². The Morgan fingerprint density at radius 3 is 1.90 bits per heavy atom. The van der Waals surface area contributed by atoms with E-state index in [1.165, 1.54) is 32.1 Å². The monoisotopic (exact) mass is 415 g/mol. The molecule has 168 valence electrons. The van der Waals surface area contributed by atoms with E-state index in [2.05, 4.69) is 10.6 Å². The lowest BCUT2D eigenvalue weighted by Gasteiger charge is -2.41. The van der Waals surface area contributed by atoms with E-state index in [0.29, 0.717) is 23.7 Å². The first kappa shape index (κ1) is 21.1. The fourth-order valence-corrected chi connectivity index (χ4v) is 7.48. The van der Waals surface area contributed by atoms with Gasteiger partial charge >= 0.3 is 0 Å². The maximum atomic E-state index is 13.2. The van der Waals surface area contributed by atoms with Crippen LogP contribution in [-0.4, -0.2) is 35.9 Å². The largest absolute Gasteiger partial charge is 0.319 e. The number of carbonyl (C=O) groups is 2. The SMILES string of the molecule is NC1(C(=O)C2CCC(C(=O)C3CCC(C4CCC5NCNC5C4)CC3)CC2)CCC1. The van der Waals surface area contributed by atoms with Crippen LogP contribution in [0.2, 0.25) is 0 Å². The quantitative estimate of drug-likeness (QED) is 0.642. The molecule has 3 atom stereocenters. The first-order chi connectivity index (χ1) is 14.5. The highest BCUT2D eigenvalue weighted by Crippen LogP contribution is 2.43. The first-order valence-corrected chi connectivity index (χ1v) is 12.9. The Kier molecular flexibility index (Phi) is 6.07. The van der Waals surface area contributed by atoms with Gasteiger partial charge in [0.25, 0.3) is 0 Å². The number of nitrogens with two attached hydrogens (primary N) is 1. The third kappa shape index (κ3) is 4.02. The fourth-order valence-electron chi connectivity index (χ4n) is 7.48. The van der Waals surface area contributed by atoms with Crippen molar-refractivity contribution in [2.24, 2.45) is 35.3 Å². The minimum atomic E-state index is -0.525. The molecule has 30 heavy (non-hydrogen) atoms. The molecule has 0 aromatic heterocycles. The molecule has 1 heterocycles. The molecule has 4 N–H and O–H groups in total. The van der Waals surface area contributed by atoms with Crippen LogP contribution in [-0.2, 0) is 9.59 Å². The average Bonchev–Trinajstić information content (AvgIpc) is 3.24. The molecule has 0 radical (unpaired) electrons. The Bertz CT molecular complexity index is 645. The summed E-state index contributed by atoms with van der Waals surface area (Å²) in [6, 6.07) is 1.37. The second-order valence-electron chi connectivity index (χ2n) is 11.3. The summed E-state index contributed by atoms with van der Waals surface area (Å²) in [7, 11) is 0. The second kappa shape index (κ2) is 8.63. The minimum Gasteiger partial charge on any atom is -0.319 e. The Morgan fingerprint density at radius 2 is 1.27 bits per heavy atom. The zero-order valence-electron chi connectivity index (χ0n) is 18.5. The van der Waals surface area contributed by atoms with Crippen molar-refractivity contribution in [1.29, 1.82) is 0 Å². The average molecular weight is 416 g/mol. The van der Waals surface area contributed by atoms with E-state index < -0.39 is 5.54 Å². The van der Waals surface area contributed by atoms with Crippen molar-refractivity contribution in [3.8, 4) is 0 Å². The van der Waals surface area contributed by atoms with E-state index in [0.717, 1.165) is 76.3 Å². The highest BCUT2D eigenvalue weighted by molar-refractivity contribution is 5.91. The smallest absolute Gasteiger partial charge is 0.155 e. The number of nitrogens with one attached hydrogen (secondary N) is 2. The van der Waals surface area contributed by atoms with Crippen LogP contribution < -0.4 is 16.4 Å². The van der Waals surface area contributed by atoms with E-state index >= 15 is 0 Å². The molecule has 4 saturated carbocycles. The van der Waals surface area contributed by atoms with E-state index in [1.807, 2.05) is 0 Å². The van der Waals surface area contributed by atoms with Gasteiger partial charge in [-0.3, -0.25) is 9.59 Å². The van der Waals surface area contributed by atoms with Crippen LogP contribution >= 0.6 is 0 Å². The van der Waals surface area contributed by atoms with E-state index in [9.17, 15) is 9.59 Å². The third-order valence-electron chi connectivity index (χ3n) is 9.70. The lowest BCUT2D eigenvalue weighted by atomic mass is 9.65. The Hall–Kier alpha value is -0.780. The van der Waals surface area contributed by atoms with Gasteiger partial charge in [-0.15, -0.1) is 0 Å². The van der Waals surface area contributed by atoms with Crippen molar-refractivity contribution in [2.45, 2.75) is 108 Å². The van der Waals surface area contributed by atoms with Crippen molar-refractivity contribution < 1.29 is 9.59 Å². The van der Waals surface area contributed by atoms with Crippen LogP contribution in [0.25, 0.3) is 0 Å². The number of Topliss-reactive ketones (excluding diaryl/α,β-unsaturated/α-hetero) is 2. The van der Waals surface area contributed by atoms with Crippen molar-refractivity contribution in [2.75, 3.05) is 6.67 Å². The van der Waals surface area contributed by atoms with Gasteiger partial charge in [-0.1, -0.05) is 0 Å². The summed E-state index contributed by atoms with van der Waals surface area (Å²) in [6.07, 6.45) is 15.1. The minimum absolute atomic E-state index is 0.115. The lowest BCUT2D eigenvalue weighted by Crippen LogP contribution is -2.56. The van der Waals surface area contributed by atoms with Gasteiger partial charge in [0.2, 0.25) is 0 Å². The molecule has 5 heteroatoms. The maximum Gasteiger partial charge on any atom is 0.155 e. The summed E-state index contributed by atoms with van der Waals surface area (Å²) < 4.78 is 0. The summed E-state index contributed by atoms with van der Waals surface area (Å²) >= 11 is 0. The first-order valence-electron chi connectivity index (χ1n) is 12.9. The Morgan fingerprint density at radius 1 is 0.700 bits per heavy atom. The van der Waals surface area contributed by atoms with Crippen LogP contribution in [0, 0.1) is 29.6 Å². The lowest BCUT2D eigenvalue weighted by molar-refractivity contribution is -0.135. The molecular weight excluding hydrogens is 374 g/mol. The summed E-state index contributed by atoms with van der Waals surface area (Å²) in [6.45, 7) is 0.976. The topological polar surface area (TPSA) is 84.2 Å².